The van der Waals surface area contributed by atoms with Gasteiger partial charge in [0.25, 0.3) is 4.45 Å². The van der Waals surface area contributed by atoms with Crippen molar-refractivity contribution in [2.24, 2.45) is 4.40 Å². The van der Waals surface area contributed by atoms with E-state index in [1.165, 1.54) is 11.9 Å². The molecule has 1 fully saturated rings. The van der Waals surface area contributed by atoms with Crippen LogP contribution in [0.4, 0.5) is 4.79 Å². The Morgan fingerprint density at radius 1 is 1.35 bits per heavy atom. The van der Waals surface area contributed by atoms with E-state index in [9.17, 15) is 4.79 Å². The molecule has 1 aromatic carbocycles. The van der Waals surface area contributed by atoms with Gasteiger partial charge in [-0.3, -0.25) is 4.79 Å². The summed E-state index contributed by atoms with van der Waals surface area (Å²) in [7, 11) is 1.63. The van der Waals surface area contributed by atoms with E-state index >= 15 is 0 Å². The standard InChI is InChI=1S/C13H16N2O3S2/c1-17-12-4-2-11(3-5-12)10-14-19-13(16)20-15-6-8-18-9-7-15/h2-5,10H,6-9H2,1H3/b14-10+. The minimum Gasteiger partial charge on any atom is -0.497 e. The minimum atomic E-state index is -0.0309. The molecule has 1 aromatic rings. The maximum Gasteiger partial charge on any atom is 0.283 e. The van der Waals surface area contributed by atoms with Gasteiger partial charge in [0, 0.05) is 31.3 Å². The van der Waals surface area contributed by atoms with Crippen LogP contribution >= 0.6 is 23.9 Å². The van der Waals surface area contributed by atoms with Crippen molar-refractivity contribution < 1.29 is 14.3 Å². The molecular weight excluding hydrogens is 296 g/mol. The van der Waals surface area contributed by atoms with Crippen LogP contribution < -0.4 is 4.74 Å². The lowest BCUT2D eigenvalue weighted by Crippen LogP contribution is -2.31. The van der Waals surface area contributed by atoms with Gasteiger partial charge in [0.1, 0.15) is 5.75 Å². The minimum absolute atomic E-state index is 0.0309. The lowest BCUT2D eigenvalue weighted by Gasteiger charge is -2.23. The number of rotatable bonds is 4. The summed E-state index contributed by atoms with van der Waals surface area (Å²) in [4.78, 5) is 11.7. The van der Waals surface area contributed by atoms with E-state index in [1.807, 2.05) is 28.6 Å². The maximum atomic E-state index is 11.7. The summed E-state index contributed by atoms with van der Waals surface area (Å²) < 4.78 is 16.4. The van der Waals surface area contributed by atoms with Gasteiger partial charge in [-0.25, -0.2) is 8.70 Å². The van der Waals surface area contributed by atoms with Crippen LogP contribution in [0.5, 0.6) is 5.75 Å². The second kappa shape index (κ2) is 8.31. The SMILES string of the molecule is COc1ccc(/C=N/SC(=O)SN2CCOCC2)cc1. The molecule has 0 aromatic heterocycles. The highest BCUT2D eigenvalue weighted by Gasteiger charge is 2.15. The molecule has 20 heavy (non-hydrogen) atoms. The topological polar surface area (TPSA) is 51.1 Å². The Balaban J connectivity index is 1.75. The van der Waals surface area contributed by atoms with Crippen molar-refractivity contribution in [1.82, 2.24) is 4.31 Å². The molecule has 0 spiro atoms. The number of nitrogens with zero attached hydrogens (tertiary/aromatic N) is 2. The van der Waals surface area contributed by atoms with E-state index in [1.54, 1.807) is 13.3 Å². The van der Waals surface area contributed by atoms with Crippen LogP contribution in [0, 0.1) is 0 Å². The van der Waals surface area contributed by atoms with Crippen LogP contribution in [0.3, 0.4) is 0 Å². The second-order valence-electron chi connectivity index (χ2n) is 3.98. The van der Waals surface area contributed by atoms with Crippen molar-refractivity contribution in [2.75, 3.05) is 33.4 Å². The van der Waals surface area contributed by atoms with Crippen LogP contribution in [-0.4, -0.2) is 48.4 Å². The van der Waals surface area contributed by atoms with Gasteiger partial charge in [0.15, 0.2) is 0 Å². The van der Waals surface area contributed by atoms with Crippen LogP contribution in [-0.2, 0) is 4.74 Å². The molecule has 0 radical (unpaired) electrons. The average Bonchev–Trinajstić information content (AvgIpc) is 2.49. The molecule has 0 aliphatic carbocycles. The predicted molar refractivity (Wildman–Crippen MR) is 83.6 cm³/mol. The molecule has 1 aliphatic heterocycles. The molecule has 7 heteroatoms. The highest BCUT2D eigenvalue weighted by atomic mass is 32.2. The first-order chi connectivity index (χ1) is 9.78. The van der Waals surface area contributed by atoms with Gasteiger partial charge in [0.05, 0.1) is 32.3 Å². The van der Waals surface area contributed by atoms with Gasteiger partial charge >= 0.3 is 0 Å². The van der Waals surface area contributed by atoms with Crippen molar-refractivity contribution >= 4 is 34.6 Å². The third-order valence-electron chi connectivity index (χ3n) is 2.62. The molecule has 1 saturated heterocycles. The Hall–Kier alpha value is -1.02. The van der Waals surface area contributed by atoms with E-state index < -0.39 is 0 Å². The molecule has 0 amide bonds. The fraction of sp³-hybridized carbons (Fsp3) is 0.385. The molecule has 0 bridgehead atoms. The van der Waals surface area contributed by atoms with Crippen LogP contribution in [0.15, 0.2) is 28.7 Å². The number of morpholine rings is 1. The lowest BCUT2D eigenvalue weighted by atomic mass is 10.2. The van der Waals surface area contributed by atoms with E-state index in [4.69, 9.17) is 9.47 Å². The summed E-state index contributed by atoms with van der Waals surface area (Å²) in [5.74, 6) is 0.800. The molecule has 0 atom stereocenters. The van der Waals surface area contributed by atoms with Gasteiger partial charge < -0.3 is 9.47 Å². The Labute approximate surface area is 127 Å². The Bertz CT molecular complexity index is 459. The number of hydrogen-bond donors (Lipinski definition) is 0. The van der Waals surface area contributed by atoms with Crippen molar-refractivity contribution in [3.8, 4) is 5.75 Å². The fourth-order valence-electron chi connectivity index (χ4n) is 1.58. The Morgan fingerprint density at radius 2 is 2.05 bits per heavy atom. The second-order valence-corrected chi connectivity index (χ2v) is 6.07. The Morgan fingerprint density at radius 3 is 2.70 bits per heavy atom. The molecule has 0 N–H and O–H groups in total. The van der Waals surface area contributed by atoms with Crippen LogP contribution in [0.2, 0.25) is 0 Å². The molecular formula is C13H16N2O3S2. The normalized spacial score (nSPS) is 16.4. The maximum absolute atomic E-state index is 11.7. The molecule has 2 rings (SSSR count). The number of hydrogen-bond acceptors (Lipinski definition) is 7. The molecule has 1 aliphatic rings. The molecule has 0 unspecified atom stereocenters. The van der Waals surface area contributed by atoms with Crippen molar-refractivity contribution in [2.45, 2.75) is 0 Å². The molecule has 1 heterocycles. The number of carbonyl (C=O) groups excluding carboxylic acids is 1. The van der Waals surface area contributed by atoms with Gasteiger partial charge in [-0.05, 0) is 29.8 Å². The van der Waals surface area contributed by atoms with E-state index in [2.05, 4.69) is 4.40 Å². The number of carbonyl (C=O) groups is 1. The summed E-state index contributed by atoms with van der Waals surface area (Å²) in [6, 6.07) is 7.50. The highest BCUT2D eigenvalue weighted by molar-refractivity contribution is 8.37. The first-order valence-corrected chi connectivity index (χ1v) is 7.71. The third-order valence-corrected chi connectivity index (χ3v) is 4.20. The third kappa shape index (κ3) is 5.16. The number of methoxy groups -OCH3 is 1. The van der Waals surface area contributed by atoms with Crippen molar-refractivity contribution in [1.29, 1.82) is 0 Å². The van der Waals surface area contributed by atoms with Gasteiger partial charge in [0.2, 0.25) is 0 Å². The first kappa shape index (κ1) is 15.4. The molecule has 108 valence electrons. The predicted octanol–water partition coefficient (Wildman–Crippen LogP) is 2.86. The van der Waals surface area contributed by atoms with Gasteiger partial charge in [-0.1, -0.05) is 0 Å². The fourth-order valence-corrected chi connectivity index (χ4v) is 2.96. The van der Waals surface area contributed by atoms with Crippen LogP contribution in [0.1, 0.15) is 5.56 Å². The quantitative estimate of drug-likeness (QED) is 0.629. The summed E-state index contributed by atoms with van der Waals surface area (Å²) in [5.41, 5.74) is 0.933. The summed E-state index contributed by atoms with van der Waals surface area (Å²) in [5, 5.41) is 0. The monoisotopic (exact) mass is 312 g/mol. The summed E-state index contributed by atoms with van der Waals surface area (Å²) in [6.45, 7) is 2.92. The van der Waals surface area contributed by atoms with Crippen molar-refractivity contribution in [3.05, 3.63) is 29.8 Å². The molecule has 0 saturated carbocycles. The van der Waals surface area contributed by atoms with E-state index in [-0.39, 0.29) is 4.45 Å². The number of ether oxygens (including phenoxy) is 2. The first-order valence-electron chi connectivity index (χ1n) is 6.17. The molecule has 5 nitrogen and oxygen atoms in total. The van der Waals surface area contributed by atoms with E-state index in [0.29, 0.717) is 13.2 Å². The smallest absolute Gasteiger partial charge is 0.283 e. The number of benzene rings is 1. The van der Waals surface area contributed by atoms with Gasteiger partial charge in [-0.15, -0.1) is 0 Å². The zero-order valence-electron chi connectivity index (χ0n) is 11.2. The highest BCUT2D eigenvalue weighted by Crippen LogP contribution is 2.22. The average molecular weight is 312 g/mol. The zero-order chi connectivity index (χ0) is 14.2. The summed E-state index contributed by atoms with van der Waals surface area (Å²) in [6.07, 6.45) is 1.67. The van der Waals surface area contributed by atoms with E-state index in [0.717, 1.165) is 36.4 Å². The van der Waals surface area contributed by atoms with Crippen molar-refractivity contribution in [3.63, 3.8) is 0 Å². The largest absolute Gasteiger partial charge is 0.497 e. The lowest BCUT2D eigenvalue weighted by molar-refractivity contribution is 0.0776. The van der Waals surface area contributed by atoms with Crippen LogP contribution in [0.25, 0.3) is 0 Å². The van der Waals surface area contributed by atoms with Gasteiger partial charge in [-0.2, -0.15) is 0 Å². The summed E-state index contributed by atoms with van der Waals surface area (Å²) >= 11 is 2.16. The zero-order valence-corrected chi connectivity index (χ0v) is 12.8. The Kier molecular flexibility index (Phi) is 6.38.